The predicted molar refractivity (Wildman–Crippen MR) is 55.7 cm³/mol. The van der Waals surface area contributed by atoms with Crippen LogP contribution in [0.15, 0.2) is 30.3 Å². The molecule has 0 amide bonds. The third-order valence-electron chi connectivity index (χ3n) is 2.83. The molecule has 13 heavy (non-hydrogen) atoms. The molecule has 1 rings (SSSR count). The van der Waals surface area contributed by atoms with Gasteiger partial charge < -0.3 is 4.74 Å². The highest BCUT2D eigenvalue weighted by molar-refractivity contribution is 5.22. The highest BCUT2D eigenvalue weighted by Crippen LogP contribution is 2.31. The summed E-state index contributed by atoms with van der Waals surface area (Å²) < 4.78 is 5.62. The maximum absolute atomic E-state index is 5.62. The van der Waals surface area contributed by atoms with Gasteiger partial charge in [-0.25, -0.2) is 0 Å². The van der Waals surface area contributed by atoms with Crippen molar-refractivity contribution < 1.29 is 4.74 Å². The van der Waals surface area contributed by atoms with Gasteiger partial charge >= 0.3 is 0 Å². The van der Waals surface area contributed by atoms with Crippen molar-refractivity contribution in [2.75, 3.05) is 7.11 Å². The van der Waals surface area contributed by atoms with Gasteiger partial charge in [0.2, 0.25) is 0 Å². The summed E-state index contributed by atoms with van der Waals surface area (Å²) in [6, 6.07) is 10.4. The summed E-state index contributed by atoms with van der Waals surface area (Å²) in [5.41, 5.74) is 1.20. The molecule has 0 aliphatic carbocycles. The molecule has 1 aromatic carbocycles. The van der Waals surface area contributed by atoms with E-state index in [0.717, 1.165) is 12.8 Å². The maximum atomic E-state index is 5.62. The fourth-order valence-electron chi connectivity index (χ4n) is 1.81. The Hall–Kier alpha value is -0.820. The monoisotopic (exact) mass is 178 g/mol. The zero-order chi connectivity index (χ0) is 9.73. The molecule has 0 heterocycles. The van der Waals surface area contributed by atoms with Crippen LogP contribution in [0.4, 0.5) is 0 Å². The average Bonchev–Trinajstić information content (AvgIpc) is 2.23. The molecule has 1 heteroatoms. The zero-order valence-corrected chi connectivity index (χ0v) is 8.71. The predicted octanol–water partition coefficient (Wildman–Crippen LogP) is 3.35. The molecule has 0 aliphatic rings. The second-order valence-electron chi connectivity index (χ2n) is 3.27. The van der Waals surface area contributed by atoms with Crippen LogP contribution in [0.2, 0.25) is 0 Å². The minimum Gasteiger partial charge on any atom is -0.374 e. The molecule has 0 unspecified atom stereocenters. The van der Waals surface area contributed by atoms with E-state index in [-0.39, 0.29) is 5.60 Å². The minimum atomic E-state index is -0.0821. The van der Waals surface area contributed by atoms with Gasteiger partial charge in [-0.15, -0.1) is 0 Å². The number of hydrogen-bond donors (Lipinski definition) is 0. The molecule has 0 saturated carbocycles. The first kappa shape index (κ1) is 10.3. The number of rotatable bonds is 4. The Balaban J connectivity index is 3.01. The van der Waals surface area contributed by atoms with Crippen LogP contribution >= 0.6 is 0 Å². The van der Waals surface area contributed by atoms with E-state index in [9.17, 15) is 0 Å². The summed E-state index contributed by atoms with van der Waals surface area (Å²) in [4.78, 5) is 0. The van der Waals surface area contributed by atoms with Crippen LogP contribution < -0.4 is 0 Å². The number of ether oxygens (including phenoxy) is 1. The summed E-state index contributed by atoms with van der Waals surface area (Å²) in [6.45, 7) is 4.33. The van der Waals surface area contributed by atoms with Crippen molar-refractivity contribution in [3.8, 4) is 0 Å². The maximum Gasteiger partial charge on any atom is 0.0922 e. The van der Waals surface area contributed by atoms with Crippen LogP contribution in [0.25, 0.3) is 0 Å². The summed E-state index contributed by atoms with van der Waals surface area (Å²) in [6.07, 6.45) is 2.04. The lowest BCUT2D eigenvalue weighted by atomic mass is 9.88. The lowest BCUT2D eigenvalue weighted by Gasteiger charge is -2.30. The molecule has 0 bridgehead atoms. The average molecular weight is 178 g/mol. The summed E-state index contributed by atoms with van der Waals surface area (Å²) in [7, 11) is 1.79. The highest BCUT2D eigenvalue weighted by Gasteiger charge is 2.27. The molecule has 0 radical (unpaired) electrons. The minimum absolute atomic E-state index is 0.0821. The van der Waals surface area contributed by atoms with Gasteiger partial charge in [0.25, 0.3) is 0 Å². The molecule has 72 valence electrons. The summed E-state index contributed by atoms with van der Waals surface area (Å²) in [5, 5.41) is 0. The molecule has 1 nitrogen and oxygen atoms in total. The van der Waals surface area contributed by atoms with E-state index in [1.807, 2.05) is 6.07 Å². The fraction of sp³-hybridized carbons (Fsp3) is 0.500. The molecule has 0 saturated heterocycles. The van der Waals surface area contributed by atoms with Crippen molar-refractivity contribution in [3.05, 3.63) is 35.9 Å². The summed E-state index contributed by atoms with van der Waals surface area (Å²) >= 11 is 0. The van der Waals surface area contributed by atoms with E-state index in [4.69, 9.17) is 4.74 Å². The van der Waals surface area contributed by atoms with E-state index in [2.05, 4.69) is 38.1 Å². The molecule has 1 aromatic rings. The second-order valence-corrected chi connectivity index (χ2v) is 3.27. The Morgan fingerprint density at radius 3 is 2.00 bits per heavy atom. The first-order valence-corrected chi connectivity index (χ1v) is 4.89. The largest absolute Gasteiger partial charge is 0.374 e. The van der Waals surface area contributed by atoms with Gasteiger partial charge in [-0.2, -0.15) is 0 Å². The zero-order valence-electron chi connectivity index (χ0n) is 8.71. The molecule has 0 fully saturated rings. The Bertz CT molecular complexity index is 228. The van der Waals surface area contributed by atoms with E-state index < -0.39 is 0 Å². The Morgan fingerprint density at radius 1 is 1.08 bits per heavy atom. The van der Waals surface area contributed by atoms with Gasteiger partial charge in [-0.1, -0.05) is 44.2 Å². The van der Waals surface area contributed by atoms with Crippen molar-refractivity contribution >= 4 is 0 Å². The molecular formula is C12H18O. The van der Waals surface area contributed by atoms with E-state index in [0.29, 0.717) is 0 Å². The van der Waals surface area contributed by atoms with E-state index in [1.54, 1.807) is 7.11 Å². The van der Waals surface area contributed by atoms with Crippen LogP contribution in [-0.4, -0.2) is 7.11 Å². The molecule has 0 aliphatic heterocycles. The van der Waals surface area contributed by atoms with Crippen molar-refractivity contribution in [1.82, 2.24) is 0 Å². The van der Waals surface area contributed by atoms with Crippen molar-refractivity contribution in [1.29, 1.82) is 0 Å². The Kier molecular flexibility index (Phi) is 3.49. The van der Waals surface area contributed by atoms with E-state index in [1.165, 1.54) is 5.56 Å². The van der Waals surface area contributed by atoms with Crippen molar-refractivity contribution in [2.24, 2.45) is 0 Å². The standard InChI is InChI=1S/C12H18O/c1-4-12(5-2,13-3)11-9-7-6-8-10-11/h6-10H,4-5H2,1-3H3. The second kappa shape index (κ2) is 4.43. The summed E-state index contributed by atoms with van der Waals surface area (Å²) in [5.74, 6) is 0. The number of methoxy groups -OCH3 is 1. The van der Waals surface area contributed by atoms with Gasteiger partial charge in [0.1, 0.15) is 0 Å². The van der Waals surface area contributed by atoms with Gasteiger partial charge in [-0.05, 0) is 18.4 Å². The molecule has 0 atom stereocenters. The topological polar surface area (TPSA) is 9.23 Å². The first-order valence-electron chi connectivity index (χ1n) is 4.89. The fourth-order valence-corrected chi connectivity index (χ4v) is 1.81. The SMILES string of the molecule is CCC(CC)(OC)c1ccccc1. The van der Waals surface area contributed by atoms with Crippen molar-refractivity contribution in [2.45, 2.75) is 32.3 Å². The molecule has 0 N–H and O–H groups in total. The lowest BCUT2D eigenvalue weighted by molar-refractivity contribution is -0.0217. The van der Waals surface area contributed by atoms with Crippen LogP contribution in [0.3, 0.4) is 0 Å². The van der Waals surface area contributed by atoms with Crippen LogP contribution in [-0.2, 0) is 10.3 Å². The molecule has 0 spiro atoms. The van der Waals surface area contributed by atoms with Gasteiger partial charge in [-0.3, -0.25) is 0 Å². The highest BCUT2D eigenvalue weighted by atomic mass is 16.5. The van der Waals surface area contributed by atoms with Gasteiger partial charge in [0.15, 0.2) is 0 Å². The smallest absolute Gasteiger partial charge is 0.0922 e. The number of benzene rings is 1. The normalized spacial score (nSPS) is 11.6. The number of hydrogen-bond acceptors (Lipinski definition) is 1. The van der Waals surface area contributed by atoms with E-state index >= 15 is 0 Å². The third-order valence-corrected chi connectivity index (χ3v) is 2.83. The van der Waals surface area contributed by atoms with Crippen LogP contribution in [0.1, 0.15) is 32.3 Å². The quantitative estimate of drug-likeness (QED) is 0.687. The van der Waals surface area contributed by atoms with Crippen LogP contribution in [0, 0.1) is 0 Å². The first-order chi connectivity index (χ1) is 6.29. The van der Waals surface area contributed by atoms with Crippen molar-refractivity contribution in [3.63, 3.8) is 0 Å². The molecular weight excluding hydrogens is 160 g/mol. The molecule has 0 aromatic heterocycles. The van der Waals surface area contributed by atoms with Gasteiger partial charge in [0, 0.05) is 7.11 Å². The third kappa shape index (κ3) is 1.92. The lowest BCUT2D eigenvalue weighted by Crippen LogP contribution is -2.26. The van der Waals surface area contributed by atoms with Crippen LogP contribution in [0.5, 0.6) is 0 Å². The Morgan fingerprint density at radius 2 is 1.62 bits per heavy atom. The Labute approximate surface area is 80.7 Å². The van der Waals surface area contributed by atoms with Gasteiger partial charge in [0.05, 0.1) is 5.60 Å².